The molecule has 0 spiro atoms. The molecule has 1 N–H and O–H groups in total. The lowest BCUT2D eigenvalue weighted by molar-refractivity contribution is -0.111. The van der Waals surface area contributed by atoms with Crippen LogP contribution in [0, 0.1) is 11.3 Å². The molecule has 3 rings (SSSR count). The molecule has 1 aliphatic rings. The van der Waals surface area contributed by atoms with E-state index in [0.29, 0.717) is 42.4 Å². The molecule has 0 saturated heterocycles. The van der Waals surface area contributed by atoms with Crippen molar-refractivity contribution in [3.05, 3.63) is 45.7 Å². The molecular weight excluding hydrogens is 378 g/mol. The first-order valence-electron chi connectivity index (χ1n) is 9.09. The fraction of sp³-hybridized carbons (Fsp3) is 0.350. The van der Waals surface area contributed by atoms with E-state index in [-0.39, 0.29) is 12.0 Å². The van der Waals surface area contributed by atoms with Gasteiger partial charge in [0.1, 0.15) is 22.6 Å². The number of nitriles is 1. The highest BCUT2D eigenvalue weighted by molar-refractivity contribution is 7.16. The zero-order valence-corrected chi connectivity index (χ0v) is 16.6. The lowest BCUT2D eigenvalue weighted by Gasteiger charge is -2.25. The van der Waals surface area contributed by atoms with Crippen LogP contribution < -0.4 is 5.32 Å². The van der Waals surface area contributed by atoms with Crippen LogP contribution in [0.3, 0.4) is 0 Å². The first-order chi connectivity index (χ1) is 13.5. The van der Waals surface area contributed by atoms with Crippen molar-refractivity contribution in [3.63, 3.8) is 0 Å². The van der Waals surface area contributed by atoms with Gasteiger partial charge in [0.05, 0.1) is 18.7 Å². The largest absolute Gasteiger partial charge is 0.462 e. The first-order valence-corrected chi connectivity index (χ1v) is 9.91. The summed E-state index contributed by atoms with van der Waals surface area (Å²) in [6, 6.07) is 5.85. The fourth-order valence-corrected chi connectivity index (χ4v) is 4.18. The minimum atomic E-state index is -0.363. The van der Waals surface area contributed by atoms with Crippen molar-refractivity contribution < 1.29 is 18.7 Å². The van der Waals surface area contributed by atoms with E-state index in [0.717, 1.165) is 22.6 Å². The molecule has 2 amide bonds. The molecule has 0 fully saturated rings. The molecule has 0 aliphatic carbocycles. The van der Waals surface area contributed by atoms with Crippen molar-refractivity contribution >= 4 is 34.4 Å². The summed E-state index contributed by atoms with van der Waals surface area (Å²) >= 11 is 1.32. The highest BCUT2D eigenvalue weighted by Crippen LogP contribution is 2.36. The number of aryl methyl sites for hydroxylation is 1. The van der Waals surface area contributed by atoms with Gasteiger partial charge in [0.25, 0.3) is 0 Å². The highest BCUT2D eigenvalue weighted by Gasteiger charge is 2.27. The van der Waals surface area contributed by atoms with Crippen molar-refractivity contribution in [2.45, 2.75) is 33.2 Å². The number of thiophene rings is 1. The molecule has 0 radical (unpaired) electrons. The summed E-state index contributed by atoms with van der Waals surface area (Å²) < 4.78 is 10.6. The van der Waals surface area contributed by atoms with Crippen LogP contribution in [0.4, 0.5) is 9.80 Å². The number of hydrogen-bond donors (Lipinski definition) is 1. The molecule has 1 aliphatic heterocycles. The van der Waals surface area contributed by atoms with E-state index in [1.54, 1.807) is 24.0 Å². The SMILES string of the molecule is CCOC(=O)N1CCc2c(sc(NC(=O)C=Cc3ccc(CC)o3)c2C#N)C1. The summed E-state index contributed by atoms with van der Waals surface area (Å²) in [4.78, 5) is 26.7. The van der Waals surface area contributed by atoms with Gasteiger partial charge in [-0.2, -0.15) is 5.26 Å². The van der Waals surface area contributed by atoms with Crippen LogP contribution in [0.5, 0.6) is 0 Å². The Hall–Kier alpha value is -3.05. The van der Waals surface area contributed by atoms with Crippen LogP contribution in [0.1, 0.15) is 41.4 Å². The topological polar surface area (TPSA) is 95.6 Å². The van der Waals surface area contributed by atoms with Crippen LogP contribution in [-0.4, -0.2) is 30.1 Å². The Bertz CT molecular complexity index is 951. The van der Waals surface area contributed by atoms with Crippen LogP contribution >= 0.6 is 11.3 Å². The summed E-state index contributed by atoms with van der Waals surface area (Å²) in [7, 11) is 0. The average Bonchev–Trinajstić information content (AvgIpc) is 3.29. The maximum atomic E-state index is 12.3. The van der Waals surface area contributed by atoms with Gasteiger partial charge in [-0.1, -0.05) is 6.92 Å². The number of ether oxygens (including phenoxy) is 1. The van der Waals surface area contributed by atoms with Crippen molar-refractivity contribution in [1.29, 1.82) is 5.26 Å². The maximum absolute atomic E-state index is 12.3. The normalized spacial score (nSPS) is 13.2. The maximum Gasteiger partial charge on any atom is 0.410 e. The summed E-state index contributed by atoms with van der Waals surface area (Å²) in [6.45, 7) is 4.94. The highest BCUT2D eigenvalue weighted by atomic mass is 32.1. The molecule has 146 valence electrons. The number of nitrogens with zero attached hydrogens (tertiary/aromatic N) is 2. The number of rotatable bonds is 5. The zero-order chi connectivity index (χ0) is 20.1. The Morgan fingerprint density at radius 2 is 2.25 bits per heavy atom. The Labute approximate surface area is 167 Å². The number of carbonyl (C=O) groups excluding carboxylic acids is 2. The Balaban J connectivity index is 1.72. The zero-order valence-electron chi connectivity index (χ0n) is 15.8. The van der Waals surface area contributed by atoms with E-state index in [4.69, 9.17) is 9.15 Å². The van der Waals surface area contributed by atoms with Crippen LogP contribution in [0.25, 0.3) is 6.08 Å². The summed E-state index contributed by atoms with van der Waals surface area (Å²) in [5.74, 6) is 1.11. The standard InChI is InChI=1S/C20H21N3O4S/c1-3-13-5-6-14(27-13)7-8-18(24)22-19-16(11-21)15-9-10-23(12-17(15)28-19)20(25)26-4-2/h5-8H,3-4,9-10,12H2,1-2H3,(H,22,24). The van der Waals surface area contributed by atoms with Gasteiger partial charge in [-0.15, -0.1) is 11.3 Å². The van der Waals surface area contributed by atoms with Gasteiger partial charge in [0.15, 0.2) is 0 Å². The molecule has 2 aromatic rings. The van der Waals surface area contributed by atoms with Crippen molar-refractivity contribution in [2.75, 3.05) is 18.5 Å². The minimum absolute atomic E-state index is 0.319. The van der Waals surface area contributed by atoms with Gasteiger partial charge >= 0.3 is 6.09 Å². The smallest absolute Gasteiger partial charge is 0.410 e. The third kappa shape index (κ3) is 4.26. The monoisotopic (exact) mass is 399 g/mol. The van der Waals surface area contributed by atoms with Gasteiger partial charge in [0.2, 0.25) is 5.91 Å². The molecule has 28 heavy (non-hydrogen) atoms. The lowest BCUT2D eigenvalue weighted by Crippen LogP contribution is -2.35. The minimum Gasteiger partial charge on any atom is -0.462 e. The van der Waals surface area contributed by atoms with E-state index >= 15 is 0 Å². The predicted molar refractivity (Wildman–Crippen MR) is 106 cm³/mol. The number of fused-ring (bicyclic) bond motifs is 1. The number of hydrogen-bond acceptors (Lipinski definition) is 6. The van der Waals surface area contributed by atoms with Crippen molar-refractivity contribution in [3.8, 4) is 6.07 Å². The first kappa shape index (κ1) is 19.7. The fourth-order valence-electron chi connectivity index (χ4n) is 2.97. The van der Waals surface area contributed by atoms with E-state index in [9.17, 15) is 14.9 Å². The van der Waals surface area contributed by atoms with Gasteiger partial charge in [0, 0.05) is 23.9 Å². The average molecular weight is 399 g/mol. The number of carbonyl (C=O) groups is 2. The van der Waals surface area contributed by atoms with Gasteiger partial charge < -0.3 is 19.4 Å². The second-order valence-corrected chi connectivity index (χ2v) is 7.28. The third-order valence-corrected chi connectivity index (χ3v) is 5.49. The number of anilines is 1. The predicted octanol–water partition coefficient (Wildman–Crippen LogP) is 3.94. The molecule has 0 bridgehead atoms. The Morgan fingerprint density at radius 3 is 2.93 bits per heavy atom. The lowest BCUT2D eigenvalue weighted by atomic mass is 10.0. The van der Waals surface area contributed by atoms with Crippen molar-refractivity contribution in [1.82, 2.24) is 4.90 Å². The van der Waals surface area contributed by atoms with E-state index in [1.807, 2.05) is 13.0 Å². The number of furan rings is 1. The summed E-state index contributed by atoms with van der Waals surface area (Å²) in [6.07, 6.45) is 3.96. The molecule has 0 aromatic carbocycles. The summed E-state index contributed by atoms with van der Waals surface area (Å²) in [5, 5.41) is 12.8. The summed E-state index contributed by atoms with van der Waals surface area (Å²) in [5.41, 5.74) is 1.36. The van der Waals surface area contributed by atoms with Crippen LogP contribution in [0.15, 0.2) is 22.6 Å². The van der Waals surface area contributed by atoms with Gasteiger partial charge in [-0.25, -0.2) is 4.79 Å². The molecule has 3 heterocycles. The Morgan fingerprint density at radius 1 is 1.43 bits per heavy atom. The second kappa shape index (κ2) is 8.76. The Kier molecular flexibility index (Phi) is 6.16. The van der Waals surface area contributed by atoms with E-state index in [2.05, 4.69) is 11.4 Å². The number of amides is 2. The molecule has 0 saturated carbocycles. The van der Waals surface area contributed by atoms with Gasteiger partial charge in [-0.3, -0.25) is 4.79 Å². The van der Waals surface area contributed by atoms with Crippen molar-refractivity contribution in [2.24, 2.45) is 0 Å². The van der Waals surface area contributed by atoms with E-state index in [1.165, 1.54) is 17.4 Å². The second-order valence-electron chi connectivity index (χ2n) is 6.17. The molecule has 7 nitrogen and oxygen atoms in total. The van der Waals surface area contributed by atoms with Crippen LogP contribution in [-0.2, 0) is 28.9 Å². The molecule has 0 atom stereocenters. The molecular formula is C20H21N3O4S. The van der Waals surface area contributed by atoms with Gasteiger partial charge in [-0.05, 0) is 37.1 Å². The quantitative estimate of drug-likeness (QED) is 0.768. The molecule has 0 unspecified atom stereocenters. The molecule has 8 heteroatoms. The molecule has 2 aromatic heterocycles. The third-order valence-electron chi connectivity index (χ3n) is 4.36. The number of nitrogens with one attached hydrogen (secondary N) is 1. The van der Waals surface area contributed by atoms with E-state index < -0.39 is 0 Å². The van der Waals surface area contributed by atoms with Crippen LogP contribution in [0.2, 0.25) is 0 Å².